The molecule has 2 aliphatic heterocycles. The molecule has 4 rings (SSSR count). The van der Waals surface area contributed by atoms with Crippen LogP contribution in [-0.4, -0.2) is 46.1 Å². The summed E-state index contributed by atoms with van der Waals surface area (Å²) in [7, 11) is 0. The van der Waals surface area contributed by atoms with Crippen molar-refractivity contribution in [1.29, 1.82) is 0 Å². The lowest BCUT2D eigenvalue weighted by atomic mass is 10.1. The molecule has 1 N–H and O–H groups in total. The summed E-state index contributed by atoms with van der Waals surface area (Å²) in [4.78, 5) is 25.4. The third-order valence-electron chi connectivity index (χ3n) is 5.74. The lowest BCUT2D eigenvalue weighted by molar-refractivity contribution is -0.129. The molecule has 0 aliphatic carbocycles. The molecule has 1 saturated heterocycles. The van der Waals surface area contributed by atoms with E-state index in [9.17, 15) is 13.6 Å². The number of hydrogen-bond donors (Lipinski definition) is 1. The van der Waals surface area contributed by atoms with Crippen LogP contribution in [0.2, 0.25) is 0 Å². The summed E-state index contributed by atoms with van der Waals surface area (Å²) >= 11 is 0. The van der Waals surface area contributed by atoms with Crippen molar-refractivity contribution in [3.63, 3.8) is 0 Å². The zero-order chi connectivity index (χ0) is 22.8. The van der Waals surface area contributed by atoms with Crippen LogP contribution in [0.1, 0.15) is 51.4 Å². The normalized spacial score (nSPS) is 18.5. The van der Waals surface area contributed by atoms with E-state index < -0.39 is 17.9 Å². The smallest absolute Gasteiger partial charge is 0.219 e. The molecule has 0 bridgehead atoms. The van der Waals surface area contributed by atoms with Crippen LogP contribution in [0, 0.1) is 11.6 Å². The monoisotopic (exact) mass is 445 g/mol. The zero-order valence-electron chi connectivity index (χ0n) is 18.7. The fourth-order valence-corrected chi connectivity index (χ4v) is 4.14. The van der Waals surface area contributed by atoms with E-state index >= 15 is 0 Å². The van der Waals surface area contributed by atoms with Gasteiger partial charge < -0.3 is 19.9 Å². The predicted molar refractivity (Wildman–Crippen MR) is 118 cm³/mol. The average molecular weight is 446 g/mol. The van der Waals surface area contributed by atoms with Gasteiger partial charge in [0.2, 0.25) is 5.91 Å². The van der Waals surface area contributed by atoms with Gasteiger partial charge in [-0.05, 0) is 38.8 Å². The molecule has 2 aliphatic rings. The van der Waals surface area contributed by atoms with E-state index in [1.54, 1.807) is 11.8 Å². The number of amides is 1. The number of carbonyl (C=O) groups excluding carboxylic acids is 1. The van der Waals surface area contributed by atoms with Crippen molar-refractivity contribution in [2.75, 3.05) is 23.3 Å². The van der Waals surface area contributed by atoms with E-state index in [1.165, 1.54) is 12.1 Å². The van der Waals surface area contributed by atoms with E-state index in [1.807, 2.05) is 18.7 Å². The summed E-state index contributed by atoms with van der Waals surface area (Å²) in [6, 6.07) is 3.46. The largest absolute Gasteiger partial charge is 0.467 e. The lowest BCUT2D eigenvalue weighted by Gasteiger charge is -2.38. The highest BCUT2D eigenvalue weighted by molar-refractivity contribution is 5.73. The Kier molecular flexibility index (Phi) is 6.43. The SMILES string of the molecule is CC(=O)N1CCc2nc(N3CCCCC3Oc3ccc(F)cc3F)c(NC(C)C)nc2C1. The number of rotatable bonds is 5. The second kappa shape index (κ2) is 9.26. The van der Waals surface area contributed by atoms with Crippen LogP contribution in [0.3, 0.4) is 0 Å². The molecule has 2 aromatic rings. The van der Waals surface area contributed by atoms with Gasteiger partial charge >= 0.3 is 0 Å². The minimum Gasteiger partial charge on any atom is -0.467 e. The maximum atomic E-state index is 14.3. The average Bonchev–Trinajstić information content (AvgIpc) is 2.75. The predicted octanol–water partition coefficient (Wildman–Crippen LogP) is 3.88. The van der Waals surface area contributed by atoms with Gasteiger partial charge in [0.05, 0.1) is 17.9 Å². The number of piperidine rings is 1. The van der Waals surface area contributed by atoms with Crippen LogP contribution in [0.15, 0.2) is 18.2 Å². The Bertz CT molecular complexity index is 1000. The number of carbonyl (C=O) groups is 1. The second-order valence-electron chi connectivity index (χ2n) is 8.62. The van der Waals surface area contributed by atoms with E-state index in [0.29, 0.717) is 44.1 Å². The van der Waals surface area contributed by atoms with Crippen molar-refractivity contribution in [3.8, 4) is 5.75 Å². The molecular weight excluding hydrogens is 416 g/mol. The third-order valence-corrected chi connectivity index (χ3v) is 5.74. The van der Waals surface area contributed by atoms with E-state index in [4.69, 9.17) is 14.7 Å². The van der Waals surface area contributed by atoms with Crippen LogP contribution in [0.5, 0.6) is 5.75 Å². The zero-order valence-corrected chi connectivity index (χ0v) is 18.7. The summed E-state index contributed by atoms with van der Waals surface area (Å²) in [6.07, 6.45) is 2.76. The van der Waals surface area contributed by atoms with Crippen molar-refractivity contribution in [1.82, 2.24) is 14.9 Å². The molecule has 1 atom stereocenters. The molecule has 1 amide bonds. The summed E-state index contributed by atoms with van der Waals surface area (Å²) in [5.41, 5.74) is 1.65. The van der Waals surface area contributed by atoms with Crippen molar-refractivity contribution in [3.05, 3.63) is 41.2 Å². The number of benzene rings is 1. The van der Waals surface area contributed by atoms with Crippen molar-refractivity contribution in [2.24, 2.45) is 0 Å². The topological polar surface area (TPSA) is 70.6 Å². The Balaban J connectivity index is 1.68. The van der Waals surface area contributed by atoms with E-state index in [0.717, 1.165) is 30.3 Å². The number of fused-ring (bicyclic) bond motifs is 1. The minimum absolute atomic E-state index is 0.0182. The summed E-state index contributed by atoms with van der Waals surface area (Å²) in [6.45, 7) is 7.33. The quantitative estimate of drug-likeness (QED) is 0.753. The van der Waals surface area contributed by atoms with Crippen molar-refractivity contribution < 1.29 is 18.3 Å². The Labute approximate surface area is 186 Å². The maximum Gasteiger partial charge on any atom is 0.219 e. The molecule has 1 aromatic carbocycles. The fourth-order valence-electron chi connectivity index (χ4n) is 4.14. The van der Waals surface area contributed by atoms with Gasteiger partial charge in [0.25, 0.3) is 0 Å². The first-order valence-corrected chi connectivity index (χ1v) is 11.1. The molecule has 1 unspecified atom stereocenters. The second-order valence-corrected chi connectivity index (χ2v) is 8.62. The molecular formula is C23H29F2N5O2. The number of nitrogens with zero attached hydrogens (tertiary/aromatic N) is 4. The molecule has 0 saturated carbocycles. The van der Waals surface area contributed by atoms with Gasteiger partial charge in [-0.3, -0.25) is 4.79 Å². The lowest BCUT2D eigenvalue weighted by Crippen LogP contribution is -2.45. The van der Waals surface area contributed by atoms with Gasteiger partial charge in [0, 0.05) is 45.0 Å². The maximum absolute atomic E-state index is 14.3. The van der Waals surface area contributed by atoms with Crippen LogP contribution < -0.4 is 15.0 Å². The van der Waals surface area contributed by atoms with Gasteiger partial charge in [-0.15, -0.1) is 0 Å². The Morgan fingerprint density at radius 2 is 2.00 bits per heavy atom. The van der Waals surface area contributed by atoms with Gasteiger partial charge in [0.1, 0.15) is 5.82 Å². The Morgan fingerprint density at radius 3 is 2.72 bits per heavy atom. The molecule has 1 aromatic heterocycles. The van der Waals surface area contributed by atoms with Crippen LogP contribution in [0.4, 0.5) is 20.4 Å². The first-order valence-electron chi connectivity index (χ1n) is 11.1. The number of anilines is 2. The summed E-state index contributed by atoms with van der Waals surface area (Å²) in [5.74, 6) is -0.0357. The standard InChI is InChI=1S/C23H29F2N5O2/c1-14(2)26-22-23(28-18-9-11-29(15(3)31)13-19(18)27-22)30-10-5-4-6-21(30)32-20-8-7-16(24)12-17(20)25/h7-8,12,14,21H,4-6,9-11,13H2,1-3H3,(H,26,27). The summed E-state index contributed by atoms with van der Waals surface area (Å²) < 4.78 is 33.6. The van der Waals surface area contributed by atoms with Gasteiger partial charge in [-0.2, -0.15) is 0 Å². The highest BCUT2D eigenvalue weighted by Crippen LogP contribution is 2.33. The van der Waals surface area contributed by atoms with Gasteiger partial charge in [-0.1, -0.05) is 0 Å². The van der Waals surface area contributed by atoms with Gasteiger partial charge in [0.15, 0.2) is 29.4 Å². The van der Waals surface area contributed by atoms with Crippen LogP contribution in [-0.2, 0) is 17.8 Å². The Hall–Kier alpha value is -2.97. The fraction of sp³-hybridized carbons (Fsp3) is 0.522. The molecule has 1 fully saturated rings. The first-order chi connectivity index (χ1) is 15.3. The molecule has 172 valence electrons. The van der Waals surface area contributed by atoms with Crippen molar-refractivity contribution in [2.45, 2.75) is 65.3 Å². The third kappa shape index (κ3) is 4.76. The molecule has 9 heteroatoms. The number of aromatic nitrogens is 2. The summed E-state index contributed by atoms with van der Waals surface area (Å²) in [5, 5.41) is 3.37. The molecule has 32 heavy (non-hydrogen) atoms. The van der Waals surface area contributed by atoms with Gasteiger partial charge in [-0.25, -0.2) is 18.7 Å². The number of nitrogens with one attached hydrogen (secondary N) is 1. The molecule has 0 radical (unpaired) electrons. The molecule has 3 heterocycles. The highest BCUT2D eigenvalue weighted by atomic mass is 19.1. The Morgan fingerprint density at radius 1 is 1.19 bits per heavy atom. The van der Waals surface area contributed by atoms with Crippen LogP contribution >= 0.6 is 0 Å². The van der Waals surface area contributed by atoms with E-state index in [-0.39, 0.29) is 17.7 Å². The minimum atomic E-state index is -0.725. The molecule has 0 spiro atoms. The molecule has 7 nitrogen and oxygen atoms in total. The number of ether oxygens (including phenoxy) is 1. The van der Waals surface area contributed by atoms with E-state index in [2.05, 4.69) is 5.32 Å². The number of hydrogen-bond acceptors (Lipinski definition) is 6. The highest BCUT2D eigenvalue weighted by Gasteiger charge is 2.31. The number of halogens is 2. The van der Waals surface area contributed by atoms with Crippen molar-refractivity contribution >= 4 is 17.5 Å². The van der Waals surface area contributed by atoms with Crippen LogP contribution in [0.25, 0.3) is 0 Å². The first kappa shape index (κ1) is 22.2.